The maximum atomic E-state index is 5.54. The van der Waals surface area contributed by atoms with Crippen LogP contribution in [0.25, 0.3) is 6.08 Å². The van der Waals surface area contributed by atoms with Crippen LogP contribution in [0.5, 0.6) is 0 Å². The van der Waals surface area contributed by atoms with Crippen LogP contribution in [0.3, 0.4) is 0 Å². The molecule has 0 amide bonds. The van der Waals surface area contributed by atoms with Crippen molar-refractivity contribution in [3.63, 3.8) is 0 Å². The fourth-order valence-corrected chi connectivity index (χ4v) is 0.737. The van der Waals surface area contributed by atoms with E-state index in [1.165, 1.54) is 0 Å². The van der Waals surface area contributed by atoms with Gasteiger partial charge in [0.05, 0.1) is 0 Å². The van der Waals surface area contributed by atoms with E-state index >= 15 is 0 Å². The van der Waals surface area contributed by atoms with Gasteiger partial charge in [0.15, 0.2) is 0 Å². The van der Waals surface area contributed by atoms with E-state index in [0.717, 1.165) is 5.56 Å². The van der Waals surface area contributed by atoms with Gasteiger partial charge in [0.2, 0.25) is 0 Å². The minimum atomic E-state index is 0.114. The summed E-state index contributed by atoms with van der Waals surface area (Å²) in [6.07, 6.45) is 7.48. The van der Waals surface area contributed by atoms with Gasteiger partial charge in [0.1, 0.15) is 0 Å². The van der Waals surface area contributed by atoms with Gasteiger partial charge in [-0.25, -0.2) is 0 Å². The molecule has 2 nitrogen and oxygen atoms in total. The average molecular weight is 148 g/mol. The zero-order valence-corrected chi connectivity index (χ0v) is 6.57. The molecule has 2 N–H and O–H groups in total. The molecule has 0 aromatic carbocycles. The molecule has 0 radical (unpaired) electrons. The molecule has 0 aliphatic heterocycles. The lowest BCUT2D eigenvalue weighted by atomic mass is 10.2. The smallest absolute Gasteiger partial charge is 0.0273 e. The monoisotopic (exact) mass is 148 g/mol. The second-order valence-corrected chi connectivity index (χ2v) is 2.50. The van der Waals surface area contributed by atoms with Crippen molar-refractivity contribution in [2.75, 3.05) is 0 Å². The maximum Gasteiger partial charge on any atom is 0.0273 e. The van der Waals surface area contributed by atoms with Crippen molar-refractivity contribution in [1.29, 1.82) is 0 Å². The van der Waals surface area contributed by atoms with Crippen molar-refractivity contribution in [3.05, 3.63) is 36.2 Å². The minimum absolute atomic E-state index is 0.114. The second kappa shape index (κ2) is 3.88. The van der Waals surface area contributed by atoms with E-state index < -0.39 is 0 Å². The lowest BCUT2D eigenvalue weighted by Crippen LogP contribution is -2.09. The third-order valence-electron chi connectivity index (χ3n) is 1.30. The van der Waals surface area contributed by atoms with Crippen molar-refractivity contribution in [3.8, 4) is 0 Å². The summed E-state index contributed by atoms with van der Waals surface area (Å²) >= 11 is 0. The summed E-state index contributed by atoms with van der Waals surface area (Å²) in [6.45, 7) is 1.94. The van der Waals surface area contributed by atoms with Crippen LogP contribution in [0, 0.1) is 0 Å². The number of aromatic nitrogens is 1. The Kier molecular flexibility index (Phi) is 2.81. The highest BCUT2D eigenvalue weighted by Crippen LogP contribution is 1.98. The molecule has 0 bridgehead atoms. The van der Waals surface area contributed by atoms with Crippen molar-refractivity contribution in [2.45, 2.75) is 13.0 Å². The van der Waals surface area contributed by atoms with Gasteiger partial charge < -0.3 is 5.73 Å². The molecule has 1 aromatic heterocycles. The normalized spacial score (nSPS) is 13.6. The third-order valence-corrected chi connectivity index (χ3v) is 1.30. The summed E-state index contributed by atoms with van der Waals surface area (Å²) in [6, 6.07) is 4.00. The van der Waals surface area contributed by atoms with Crippen LogP contribution >= 0.6 is 0 Å². The Labute approximate surface area is 66.8 Å². The minimum Gasteiger partial charge on any atom is -0.325 e. The second-order valence-electron chi connectivity index (χ2n) is 2.50. The van der Waals surface area contributed by atoms with Crippen LogP contribution in [0.2, 0.25) is 0 Å². The molecule has 1 aromatic rings. The number of hydrogen-bond donors (Lipinski definition) is 1. The van der Waals surface area contributed by atoms with Gasteiger partial charge in [-0.1, -0.05) is 12.2 Å². The highest BCUT2D eigenvalue weighted by Gasteiger charge is 1.85. The Morgan fingerprint density at radius 2 is 2.09 bits per heavy atom. The highest BCUT2D eigenvalue weighted by atomic mass is 14.6. The predicted octanol–water partition coefficient (Wildman–Crippen LogP) is 1.44. The summed E-state index contributed by atoms with van der Waals surface area (Å²) in [7, 11) is 0. The fourth-order valence-electron chi connectivity index (χ4n) is 0.737. The number of hydrogen-bond acceptors (Lipinski definition) is 2. The standard InChI is InChI=1S/C9H12N2/c1-8(10)2-3-9-4-6-11-7-5-9/h2-8H,10H2,1H3/b3-2+. The summed E-state index contributed by atoms with van der Waals surface area (Å²) in [5.41, 5.74) is 6.67. The quantitative estimate of drug-likeness (QED) is 0.689. The van der Waals surface area contributed by atoms with Gasteiger partial charge in [-0.2, -0.15) is 0 Å². The molecule has 0 saturated heterocycles. The molecular formula is C9H12N2. The summed E-state index contributed by atoms with van der Waals surface area (Å²) in [4.78, 5) is 3.91. The van der Waals surface area contributed by atoms with Crippen LogP contribution in [-0.2, 0) is 0 Å². The molecule has 0 spiro atoms. The average Bonchev–Trinajstić information content (AvgIpc) is 2.03. The van der Waals surface area contributed by atoms with Gasteiger partial charge >= 0.3 is 0 Å². The molecule has 0 saturated carbocycles. The van der Waals surface area contributed by atoms with Crippen LogP contribution in [0.15, 0.2) is 30.6 Å². The van der Waals surface area contributed by atoms with Crippen LogP contribution in [0.4, 0.5) is 0 Å². The summed E-state index contributed by atoms with van der Waals surface area (Å²) < 4.78 is 0. The Morgan fingerprint density at radius 1 is 1.45 bits per heavy atom. The van der Waals surface area contributed by atoms with Crippen molar-refractivity contribution in [1.82, 2.24) is 4.98 Å². The lowest BCUT2D eigenvalue weighted by molar-refractivity contribution is 0.931. The predicted molar refractivity (Wildman–Crippen MR) is 46.9 cm³/mol. The van der Waals surface area contributed by atoms with E-state index in [9.17, 15) is 0 Å². The topological polar surface area (TPSA) is 38.9 Å². The SMILES string of the molecule is CC(N)/C=C/c1ccncc1. The lowest BCUT2D eigenvalue weighted by Gasteiger charge is -1.94. The van der Waals surface area contributed by atoms with Crippen LogP contribution in [-0.4, -0.2) is 11.0 Å². The van der Waals surface area contributed by atoms with Crippen molar-refractivity contribution < 1.29 is 0 Å². The molecule has 0 aliphatic rings. The first-order valence-corrected chi connectivity index (χ1v) is 3.63. The summed E-state index contributed by atoms with van der Waals surface area (Å²) in [5, 5.41) is 0. The van der Waals surface area contributed by atoms with Gasteiger partial charge in [0, 0.05) is 18.4 Å². The number of nitrogens with zero attached hydrogens (tertiary/aromatic N) is 1. The van der Waals surface area contributed by atoms with Gasteiger partial charge in [-0.05, 0) is 24.6 Å². The molecule has 2 heteroatoms. The molecule has 1 rings (SSSR count). The first kappa shape index (κ1) is 7.95. The maximum absolute atomic E-state index is 5.54. The Balaban J connectivity index is 2.65. The molecule has 1 unspecified atom stereocenters. The number of pyridine rings is 1. The first-order chi connectivity index (χ1) is 5.29. The van der Waals surface area contributed by atoms with Gasteiger partial charge in [0.25, 0.3) is 0 Å². The van der Waals surface area contributed by atoms with Gasteiger partial charge in [-0.3, -0.25) is 4.98 Å². The molecule has 11 heavy (non-hydrogen) atoms. The Morgan fingerprint density at radius 3 is 2.64 bits per heavy atom. The van der Waals surface area contributed by atoms with E-state index in [-0.39, 0.29) is 6.04 Å². The number of rotatable bonds is 2. The molecular weight excluding hydrogens is 136 g/mol. The number of nitrogens with two attached hydrogens (primary N) is 1. The van der Waals surface area contributed by atoms with E-state index in [1.807, 2.05) is 31.2 Å². The molecule has 0 fully saturated rings. The zero-order chi connectivity index (χ0) is 8.10. The molecule has 1 atom stereocenters. The Bertz CT molecular complexity index is 227. The fraction of sp³-hybridized carbons (Fsp3) is 0.222. The highest BCUT2D eigenvalue weighted by molar-refractivity contribution is 5.48. The van der Waals surface area contributed by atoms with E-state index in [4.69, 9.17) is 5.73 Å². The largest absolute Gasteiger partial charge is 0.325 e. The van der Waals surface area contributed by atoms with E-state index in [0.29, 0.717) is 0 Å². The van der Waals surface area contributed by atoms with Crippen LogP contribution in [0.1, 0.15) is 12.5 Å². The zero-order valence-electron chi connectivity index (χ0n) is 6.57. The first-order valence-electron chi connectivity index (χ1n) is 3.63. The van der Waals surface area contributed by atoms with E-state index in [2.05, 4.69) is 4.98 Å². The summed E-state index contributed by atoms with van der Waals surface area (Å²) in [5.74, 6) is 0. The molecule has 58 valence electrons. The van der Waals surface area contributed by atoms with Crippen LogP contribution < -0.4 is 5.73 Å². The van der Waals surface area contributed by atoms with Gasteiger partial charge in [-0.15, -0.1) is 0 Å². The molecule has 0 aliphatic carbocycles. The van der Waals surface area contributed by atoms with Crippen molar-refractivity contribution >= 4 is 6.08 Å². The molecule has 1 heterocycles. The third kappa shape index (κ3) is 2.96. The van der Waals surface area contributed by atoms with Crippen molar-refractivity contribution in [2.24, 2.45) is 5.73 Å². The van der Waals surface area contributed by atoms with E-state index in [1.54, 1.807) is 12.4 Å². The Hall–Kier alpha value is -1.15.